The minimum absolute atomic E-state index is 0.273. The quantitative estimate of drug-likeness (QED) is 0.780. The fourth-order valence-electron chi connectivity index (χ4n) is 4.28. The molecule has 2 N–H and O–H groups in total. The van der Waals surface area contributed by atoms with Gasteiger partial charge in [-0.2, -0.15) is 0 Å². The molecule has 2 amide bonds. The van der Waals surface area contributed by atoms with E-state index in [0.717, 1.165) is 10.5 Å². The number of amides is 2. The molecule has 1 heterocycles. The first kappa shape index (κ1) is 18.3. The van der Waals surface area contributed by atoms with Gasteiger partial charge < -0.3 is 10.4 Å². The van der Waals surface area contributed by atoms with Gasteiger partial charge in [-0.15, -0.1) is 0 Å². The molecule has 7 nitrogen and oxygen atoms in total. The van der Waals surface area contributed by atoms with Gasteiger partial charge >= 0.3 is 0 Å². The van der Waals surface area contributed by atoms with E-state index in [1.165, 1.54) is 6.92 Å². The summed E-state index contributed by atoms with van der Waals surface area (Å²) in [6.07, 6.45) is -0.170. The van der Waals surface area contributed by atoms with E-state index < -0.39 is 41.1 Å². The standard InChI is InChI=1S/C19H22N2O5/c1-10(22)8-14(23)21-17(25)19(26)13(18(21,2)3)9-11-6-5-7-12(20-4)15(11)16(19)24/h5-7,13,20,26H,8-9H2,1-4H3/t13-,19-/m0/s1. The lowest BCUT2D eigenvalue weighted by Crippen LogP contribution is -2.54. The SMILES string of the molecule is CNc1cccc2c1C(=O)[C@]1(O)C(=O)N(C(=O)CC(C)=O)C(C)(C)[C@@H]1C2. The minimum Gasteiger partial charge on any atom is -0.388 e. The Labute approximate surface area is 151 Å². The van der Waals surface area contributed by atoms with E-state index in [1.807, 2.05) is 0 Å². The number of benzene rings is 1. The monoisotopic (exact) mass is 358 g/mol. The Balaban J connectivity index is 2.15. The molecule has 0 bridgehead atoms. The number of imide groups is 1. The summed E-state index contributed by atoms with van der Waals surface area (Å²) in [5.74, 6) is -3.51. The Morgan fingerprint density at radius 2 is 1.96 bits per heavy atom. The van der Waals surface area contributed by atoms with Crippen molar-refractivity contribution in [2.45, 2.75) is 44.8 Å². The highest BCUT2D eigenvalue weighted by Gasteiger charge is 2.69. The number of fused-ring (bicyclic) bond motifs is 2. The van der Waals surface area contributed by atoms with Crippen molar-refractivity contribution in [3.63, 3.8) is 0 Å². The lowest BCUT2D eigenvalue weighted by atomic mass is 9.67. The Hall–Kier alpha value is -2.54. The van der Waals surface area contributed by atoms with Gasteiger partial charge in [0.1, 0.15) is 5.78 Å². The molecule has 2 atom stereocenters. The molecular formula is C19H22N2O5. The molecule has 7 heteroatoms. The van der Waals surface area contributed by atoms with Gasteiger partial charge in [-0.3, -0.25) is 24.1 Å². The van der Waals surface area contributed by atoms with Gasteiger partial charge in [-0.05, 0) is 38.8 Å². The molecule has 0 spiro atoms. The second-order valence-corrected chi connectivity index (χ2v) is 7.51. The number of anilines is 1. The van der Waals surface area contributed by atoms with Crippen LogP contribution in [0.15, 0.2) is 18.2 Å². The van der Waals surface area contributed by atoms with Crippen LogP contribution in [0.4, 0.5) is 5.69 Å². The maximum atomic E-state index is 13.2. The third-order valence-electron chi connectivity index (χ3n) is 5.53. The molecule has 1 saturated heterocycles. The molecule has 0 aromatic heterocycles. The number of likely N-dealkylation sites (tertiary alicyclic amines) is 1. The van der Waals surface area contributed by atoms with E-state index in [1.54, 1.807) is 39.1 Å². The fourth-order valence-corrected chi connectivity index (χ4v) is 4.28. The number of aliphatic hydroxyl groups is 1. The number of ketones is 2. The number of hydrogen-bond acceptors (Lipinski definition) is 6. The zero-order valence-corrected chi connectivity index (χ0v) is 15.3. The van der Waals surface area contributed by atoms with Crippen molar-refractivity contribution in [1.82, 2.24) is 4.90 Å². The van der Waals surface area contributed by atoms with E-state index in [2.05, 4.69) is 5.32 Å². The first-order chi connectivity index (χ1) is 12.1. The fraction of sp³-hybridized carbons (Fsp3) is 0.474. The van der Waals surface area contributed by atoms with Crippen molar-refractivity contribution >= 4 is 29.1 Å². The summed E-state index contributed by atoms with van der Waals surface area (Å²) in [6, 6.07) is 5.28. The van der Waals surface area contributed by atoms with Crippen molar-refractivity contribution in [2.24, 2.45) is 5.92 Å². The van der Waals surface area contributed by atoms with Gasteiger partial charge in [0.15, 0.2) is 0 Å². The first-order valence-corrected chi connectivity index (χ1v) is 8.50. The van der Waals surface area contributed by atoms with E-state index in [4.69, 9.17) is 0 Å². The molecule has 1 aromatic carbocycles. The Kier molecular flexibility index (Phi) is 4.03. The first-order valence-electron chi connectivity index (χ1n) is 8.50. The molecular weight excluding hydrogens is 336 g/mol. The highest BCUT2D eigenvalue weighted by molar-refractivity contribution is 6.24. The van der Waals surface area contributed by atoms with Crippen molar-refractivity contribution < 1.29 is 24.3 Å². The normalized spacial score (nSPS) is 26.3. The van der Waals surface area contributed by atoms with Crippen LogP contribution in [0.2, 0.25) is 0 Å². The third kappa shape index (κ3) is 2.23. The summed E-state index contributed by atoms with van der Waals surface area (Å²) >= 11 is 0. The smallest absolute Gasteiger partial charge is 0.270 e. The van der Waals surface area contributed by atoms with Crippen LogP contribution in [0, 0.1) is 5.92 Å². The number of carbonyl (C=O) groups is 4. The number of hydrogen-bond donors (Lipinski definition) is 2. The van der Waals surface area contributed by atoms with Crippen molar-refractivity contribution in [1.29, 1.82) is 0 Å². The topological polar surface area (TPSA) is 104 Å². The van der Waals surface area contributed by atoms with Gasteiger partial charge in [-0.25, -0.2) is 0 Å². The second kappa shape index (κ2) is 5.74. The Morgan fingerprint density at radius 3 is 2.54 bits per heavy atom. The number of rotatable bonds is 3. The van der Waals surface area contributed by atoms with Gasteiger partial charge in [0.2, 0.25) is 17.3 Å². The maximum Gasteiger partial charge on any atom is 0.270 e. The summed E-state index contributed by atoms with van der Waals surface area (Å²) in [5.41, 5.74) is -1.88. The number of nitrogens with one attached hydrogen (secondary N) is 1. The van der Waals surface area contributed by atoms with Crippen LogP contribution in [0.3, 0.4) is 0 Å². The van der Waals surface area contributed by atoms with Gasteiger partial charge in [0.25, 0.3) is 5.91 Å². The van der Waals surface area contributed by atoms with Gasteiger partial charge in [0, 0.05) is 24.2 Å². The van der Waals surface area contributed by atoms with Crippen LogP contribution in [0.5, 0.6) is 0 Å². The molecule has 1 aliphatic carbocycles. The molecule has 2 aliphatic rings. The van der Waals surface area contributed by atoms with Crippen LogP contribution in [-0.4, -0.2) is 51.6 Å². The molecule has 3 rings (SSSR count). The average molecular weight is 358 g/mol. The largest absolute Gasteiger partial charge is 0.388 e. The molecule has 138 valence electrons. The molecule has 26 heavy (non-hydrogen) atoms. The van der Waals surface area contributed by atoms with Gasteiger partial charge in [-0.1, -0.05) is 12.1 Å². The summed E-state index contributed by atoms with van der Waals surface area (Å²) in [6.45, 7) is 4.55. The number of Topliss-reactive ketones (excluding diaryl/α,β-unsaturated/α-hetero) is 2. The number of carbonyl (C=O) groups excluding carboxylic acids is 4. The zero-order valence-electron chi connectivity index (χ0n) is 15.3. The average Bonchev–Trinajstić information content (AvgIpc) is 2.71. The van der Waals surface area contributed by atoms with Crippen molar-refractivity contribution in [3.8, 4) is 0 Å². The molecule has 0 saturated carbocycles. The molecule has 0 radical (unpaired) electrons. The van der Waals surface area contributed by atoms with E-state index in [9.17, 15) is 24.3 Å². The Morgan fingerprint density at radius 1 is 1.31 bits per heavy atom. The summed E-state index contributed by atoms with van der Waals surface area (Å²) in [5, 5.41) is 14.1. The van der Waals surface area contributed by atoms with Crippen LogP contribution in [0.25, 0.3) is 0 Å². The van der Waals surface area contributed by atoms with Crippen LogP contribution in [0.1, 0.15) is 43.1 Å². The summed E-state index contributed by atoms with van der Waals surface area (Å²) in [7, 11) is 1.65. The Bertz CT molecular complexity index is 844. The highest BCUT2D eigenvalue weighted by Crippen LogP contribution is 2.50. The van der Waals surface area contributed by atoms with E-state index in [-0.39, 0.29) is 17.8 Å². The number of nitrogens with zero attached hydrogens (tertiary/aromatic N) is 1. The predicted molar refractivity (Wildman–Crippen MR) is 93.7 cm³/mol. The van der Waals surface area contributed by atoms with E-state index in [0.29, 0.717) is 5.69 Å². The van der Waals surface area contributed by atoms with Crippen LogP contribution < -0.4 is 5.32 Å². The van der Waals surface area contributed by atoms with Gasteiger partial charge in [0.05, 0.1) is 12.0 Å². The molecule has 1 aliphatic heterocycles. The highest BCUT2D eigenvalue weighted by atomic mass is 16.3. The summed E-state index contributed by atoms with van der Waals surface area (Å²) < 4.78 is 0. The molecule has 1 aromatic rings. The summed E-state index contributed by atoms with van der Waals surface area (Å²) in [4.78, 5) is 51.0. The van der Waals surface area contributed by atoms with Crippen molar-refractivity contribution in [2.75, 3.05) is 12.4 Å². The predicted octanol–water partition coefficient (Wildman–Crippen LogP) is 0.941. The zero-order chi connectivity index (χ0) is 19.4. The third-order valence-corrected chi connectivity index (χ3v) is 5.53. The minimum atomic E-state index is -2.31. The van der Waals surface area contributed by atoms with Crippen LogP contribution >= 0.6 is 0 Å². The second-order valence-electron chi connectivity index (χ2n) is 7.51. The lowest BCUT2D eigenvalue weighted by molar-refractivity contribution is -0.151. The molecule has 1 fully saturated rings. The lowest BCUT2D eigenvalue weighted by Gasteiger charge is -2.38. The van der Waals surface area contributed by atoms with Crippen LogP contribution in [-0.2, 0) is 20.8 Å². The van der Waals surface area contributed by atoms with E-state index >= 15 is 0 Å². The molecule has 0 unspecified atom stereocenters. The van der Waals surface area contributed by atoms with Crippen molar-refractivity contribution in [3.05, 3.63) is 29.3 Å². The maximum absolute atomic E-state index is 13.2.